The number of aromatic amines is 1. The van der Waals surface area contributed by atoms with Gasteiger partial charge in [0.25, 0.3) is 11.8 Å². The number of anilines is 2. The Bertz CT molecular complexity index is 2060. The number of halogens is 1. The molecule has 0 saturated carbocycles. The van der Waals surface area contributed by atoms with E-state index in [2.05, 4.69) is 20.9 Å². The Kier molecular flexibility index (Phi) is 9.81. The molecule has 1 heterocycles. The van der Waals surface area contributed by atoms with E-state index in [1.54, 1.807) is 72.9 Å². The van der Waals surface area contributed by atoms with Crippen molar-refractivity contribution in [3.63, 3.8) is 0 Å². The van der Waals surface area contributed by atoms with Gasteiger partial charge in [-0.1, -0.05) is 84.4 Å². The van der Waals surface area contributed by atoms with Crippen molar-refractivity contribution in [2.24, 2.45) is 0 Å². The van der Waals surface area contributed by atoms with Crippen molar-refractivity contribution in [2.75, 3.05) is 10.6 Å². The number of fused-ring (bicyclic) bond motifs is 1. The zero-order valence-corrected chi connectivity index (χ0v) is 26.5. The van der Waals surface area contributed by atoms with Crippen LogP contribution in [0.5, 0.6) is 0 Å². The fourth-order valence-electron chi connectivity index (χ4n) is 4.93. The van der Waals surface area contributed by atoms with Crippen LogP contribution in [-0.2, 0) is 9.59 Å². The molecule has 1 unspecified atom stereocenters. The molecule has 1 aromatic heterocycles. The Morgan fingerprint density at radius 1 is 0.723 bits per heavy atom. The zero-order valence-electron chi connectivity index (χ0n) is 24.9. The Hall–Kier alpha value is -5.57. The Balaban J connectivity index is 1.25. The maximum atomic E-state index is 13.7. The van der Waals surface area contributed by atoms with Gasteiger partial charge in [0, 0.05) is 49.5 Å². The number of aromatic nitrogens is 1. The van der Waals surface area contributed by atoms with E-state index in [-0.39, 0.29) is 11.6 Å². The largest absolute Gasteiger partial charge is 0.361 e. The van der Waals surface area contributed by atoms with E-state index in [4.69, 9.17) is 11.6 Å². The predicted molar refractivity (Wildman–Crippen MR) is 190 cm³/mol. The van der Waals surface area contributed by atoms with Crippen molar-refractivity contribution < 1.29 is 14.4 Å². The molecule has 7 nitrogen and oxygen atoms in total. The fraction of sp³-hybridized carbons (Fsp3) is 0.0263. The van der Waals surface area contributed by atoms with Crippen molar-refractivity contribution in [3.8, 4) is 0 Å². The average Bonchev–Trinajstić information content (AvgIpc) is 3.51. The standard InChI is InChI=1S/C38H29ClN4O3S/c39-28-18-20-29(21-19-28)41-38(46)35(25-10-3-1-4-11-25)47-31-15-9-14-30(23-31)42-37(45)34(43-36(44)26-12-5-2-6-13-26)22-27-24-40-33-17-8-7-16-32(27)33/h1-24,35,40H,(H,41,46)(H,42,45)(H,43,44)/b34-22-. The summed E-state index contributed by atoms with van der Waals surface area (Å²) in [6.45, 7) is 0. The van der Waals surface area contributed by atoms with Crippen LogP contribution >= 0.6 is 23.4 Å². The molecule has 1 atom stereocenters. The van der Waals surface area contributed by atoms with Crippen LogP contribution in [0.25, 0.3) is 17.0 Å². The molecule has 0 aliphatic carbocycles. The molecular weight excluding hydrogens is 628 g/mol. The minimum absolute atomic E-state index is 0.0752. The molecule has 0 fully saturated rings. The highest BCUT2D eigenvalue weighted by Crippen LogP contribution is 2.37. The first-order valence-electron chi connectivity index (χ1n) is 14.8. The molecule has 3 amide bonds. The quantitative estimate of drug-likeness (QED) is 0.0875. The van der Waals surface area contributed by atoms with Gasteiger partial charge in [-0.05, 0) is 72.3 Å². The second kappa shape index (κ2) is 14.7. The summed E-state index contributed by atoms with van der Waals surface area (Å²) in [5.41, 5.74) is 4.12. The lowest BCUT2D eigenvalue weighted by molar-refractivity contribution is -0.116. The summed E-state index contributed by atoms with van der Waals surface area (Å²) in [4.78, 5) is 44.4. The first-order valence-corrected chi connectivity index (χ1v) is 16.0. The van der Waals surface area contributed by atoms with Gasteiger partial charge in [0.15, 0.2) is 0 Å². The molecule has 0 aliphatic heterocycles. The highest BCUT2D eigenvalue weighted by Gasteiger charge is 2.23. The average molecular weight is 657 g/mol. The molecule has 47 heavy (non-hydrogen) atoms. The van der Waals surface area contributed by atoms with Crippen molar-refractivity contribution >= 4 is 69.4 Å². The third-order valence-corrected chi connectivity index (χ3v) is 8.75. The van der Waals surface area contributed by atoms with E-state index in [0.29, 0.717) is 22.0 Å². The highest BCUT2D eigenvalue weighted by molar-refractivity contribution is 8.00. The number of benzene rings is 5. The van der Waals surface area contributed by atoms with Gasteiger partial charge in [0.05, 0.1) is 0 Å². The molecule has 9 heteroatoms. The van der Waals surface area contributed by atoms with Crippen molar-refractivity contribution in [3.05, 3.63) is 167 Å². The number of H-pyrrole nitrogens is 1. The Morgan fingerprint density at radius 2 is 1.43 bits per heavy atom. The number of nitrogens with one attached hydrogen (secondary N) is 4. The van der Waals surface area contributed by atoms with Gasteiger partial charge in [-0.25, -0.2) is 0 Å². The molecule has 4 N–H and O–H groups in total. The van der Waals surface area contributed by atoms with Crippen LogP contribution in [0.3, 0.4) is 0 Å². The normalized spacial score (nSPS) is 11.9. The molecule has 0 spiro atoms. The molecule has 232 valence electrons. The topological polar surface area (TPSA) is 103 Å². The summed E-state index contributed by atoms with van der Waals surface area (Å²) < 4.78 is 0. The molecular formula is C38H29ClN4O3S. The second-order valence-corrected chi connectivity index (χ2v) is 12.2. The maximum Gasteiger partial charge on any atom is 0.272 e. The number of para-hydroxylation sites is 1. The summed E-state index contributed by atoms with van der Waals surface area (Å²) >= 11 is 7.38. The Morgan fingerprint density at radius 3 is 2.19 bits per heavy atom. The Labute approximate surface area is 281 Å². The number of amides is 3. The van der Waals surface area contributed by atoms with E-state index in [9.17, 15) is 14.4 Å². The van der Waals surface area contributed by atoms with Gasteiger partial charge in [-0.15, -0.1) is 11.8 Å². The summed E-state index contributed by atoms with van der Waals surface area (Å²) in [6.07, 6.45) is 3.45. The number of thioether (sulfide) groups is 1. The highest BCUT2D eigenvalue weighted by atomic mass is 35.5. The van der Waals surface area contributed by atoms with Crippen LogP contribution in [0.4, 0.5) is 11.4 Å². The SMILES string of the molecule is O=C(Nc1cccc(SC(C(=O)Nc2ccc(Cl)cc2)c2ccccc2)c1)/C(=C/c1c[nH]c2ccccc12)NC(=O)c1ccccc1. The summed E-state index contributed by atoms with van der Waals surface area (Å²) in [6, 6.07) is 40.1. The monoisotopic (exact) mass is 656 g/mol. The second-order valence-electron chi connectivity index (χ2n) is 10.6. The number of carbonyl (C=O) groups excluding carboxylic acids is 3. The maximum absolute atomic E-state index is 13.7. The van der Waals surface area contributed by atoms with E-state index in [0.717, 1.165) is 26.9 Å². The van der Waals surface area contributed by atoms with Crippen molar-refractivity contribution in [1.82, 2.24) is 10.3 Å². The summed E-state index contributed by atoms with van der Waals surface area (Å²) in [5.74, 6) is -1.11. The van der Waals surface area contributed by atoms with E-state index in [1.165, 1.54) is 11.8 Å². The minimum Gasteiger partial charge on any atom is -0.361 e. The molecule has 6 aromatic rings. The van der Waals surface area contributed by atoms with Crippen LogP contribution < -0.4 is 16.0 Å². The van der Waals surface area contributed by atoms with Crippen LogP contribution in [0.2, 0.25) is 5.02 Å². The lowest BCUT2D eigenvalue weighted by Gasteiger charge is -2.18. The van der Waals surface area contributed by atoms with Gasteiger partial charge in [0.2, 0.25) is 5.91 Å². The zero-order chi connectivity index (χ0) is 32.6. The number of hydrogen-bond donors (Lipinski definition) is 4. The number of rotatable bonds is 10. The molecule has 0 radical (unpaired) electrons. The van der Waals surface area contributed by atoms with Gasteiger partial charge in [-0.3, -0.25) is 14.4 Å². The number of hydrogen-bond acceptors (Lipinski definition) is 4. The van der Waals surface area contributed by atoms with Gasteiger partial charge in [0.1, 0.15) is 10.9 Å². The first-order chi connectivity index (χ1) is 22.9. The van der Waals surface area contributed by atoms with E-state index >= 15 is 0 Å². The van der Waals surface area contributed by atoms with Crippen LogP contribution in [-0.4, -0.2) is 22.7 Å². The molecule has 0 saturated heterocycles. The summed E-state index contributed by atoms with van der Waals surface area (Å²) in [7, 11) is 0. The van der Waals surface area contributed by atoms with Crippen LogP contribution in [0, 0.1) is 0 Å². The molecule has 6 rings (SSSR count). The first kappa shape index (κ1) is 31.4. The predicted octanol–water partition coefficient (Wildman–Crippen LogP) is 8.70. The van der Waals surface area contributed by atoms with Crippen molar-refractivity contribution in [1.29, 1.82) is 0 Å². The lowest BCUT2D eigenvalue weighted by atomic mass is 10.1. The number of carbonyl (C=O) groups is 3. The minimum atomic E-state index is -0.583. The van der Waals surface area contributed by atoms with Crippen molar-refractivity contribution in [2.45, 2.75) is 10.1 Å². The van der Waals surface area contributed by atoms with Crippen LogP contribution in [0.15, 0.2) is 150 Å². The third kappa shape index (κ3) is 7.99. The van der Waals surface area contributed by atoms with Gasteiger partial charge in [-0.2, -0.15) is 0 Å². The smallest absolute Gasteiger partial charge is 0.272 e. The lowest BCUT2D eigenvalue weighted by Crippen LogP contribution is -2.30. The fourth-order valence-corrected chi connectivity index (χ4v) is 6.14. The van der Waals surface area contributed by atoms with E-state index < -0.39 is 17.1 Å². The summed E-state index contributed by atoms with van der Waals surface area (Å²) in [5, 5.41) is 9.61. The van der Waals surface area contributed by atoms with E-state index in [1.807, 2.05) is 72.8 Å². The van der Waals surface area contributed by atoms with Gasteiger partial charge < -0.3 is 20.9 Å². The van der Waals surface area contributed by atoms with Crippen LogP contribution in [0.1, 0.15) is 26.7 Å². The molecule has 0 aliphatic rings. The molecule has 0 bridgehead atoms. The third-order valence-electron chi connectivity index (χ3n) is 7.25. The molecule has 5 aromatic carbocycles. The van der Waals surface area contributed by atoms with Gasteiger partial charge >= 0.3 is 0 Å².